The predicted octanol–water partition coefficient (Wildman–Crippen LogP) is 19.1. The lowest BCUT2D eigenvalue weighted by molar-refractivity contribution is 0.752. The maximum absolute atomic E-state index is 2.52. The monoisotopic (exact) mass is 979 g/mol. The average molecular weight is 980 g/mol. The molecule has 2 spiro atoms. The fourth-order valence-corrected chi connectivity index (χ4v) is 14.1. The average Bonchev–Trinajstić information content (AvgIpc) is 3.74. The summed E-state index contributed by atoms with van der Waals surface area (Å²) in [6.45, 7) is 0. The first-order valence-corrected chi connectivity index (χ1v) is 26.8. The molecule has 77 heavy (non-hydrogen) atoms. The van der Waals surface area contributed by atoms with E-state index in [1.165, 1.54) is 101 Å². The molecule has 0 bridgehead atoms. The van der Waals surface area contributed by atoms with Crippen molar-refractivity contribution in [1.82, 2.24) is 0 Å². The Morgan fingerprint density at radius 3 is 0.922 bits per heavy atom. The maximum atomic E-state index is 2.52. The number of nitrogens with zero attached hydrogens (tertiary/aromatic N) is 3. The first kappa shape index (κ1) is 43.4. The van der Waals surface area contributed by atoms with Crippen molar-refractivity contribution in [2.24, 2.45) is 0 Å². The normalized spacial score (nSPS) is 14.1. The number of rotatable bonds is 6. The molecule has 12 aromatic carbocycles. The molecule has 12 aromatic rings. The molecule has 0 unspecified atom stereocenters. The highest BCUT2D eigenvalue weighted by molar-refractivity contribution is 5.99. The van der Waals surface area contributed by atoms with E-state index in [1.54, 1.807) is 0 Å². The lowest BCUT2D eigenvalue weighted by Crippen LogP contribution is -2.36. The van der Waals surface area contributed by atoms with E-state index in [1.807, 2.05) is 0 Å². The highest BCUT2D eigenvalue weighted by Crippen LogP contribution is 2.66. The van der Waals surface area contributed by atoms with Crippen LogP contribution in [0, 0.1) is 0 Å². The van der Waals surface area contributed by atoms with Gasteiger partial charge < -0.3 is 14.7 Å². The second-order valence-corrected chi connectivity index (χ2v) is 20.7. The van der Waals surface area contributed by atoms with Crippen LogP contribution in [0.2, 0.25) is 0 Å². The van der Waals surface area contributed by atoms with Gasteiger partial charge in [-0.05, 0) is 163 Å². The Morgan fingerprint density at radius 2 is 0.519 bits per heavy atom. The molecule has 3 nitrogen and oxygen atoms in total. The van der Waals surface area contributed by atoms with Crippen molar-refractivity contribution in [3.8, 4) is 33.4 Å². The zero-order chi connectivity index (χ0) is 50.7. The second-order valence-electron chi connectivity index (χ2n) is 20.7. The third-order valence-electron chi connectivity index (χ3n) is 17.0. The van der Waals surface area contributed by atoms with Gasteiger partial charge in [0.05, 0.1) is 33.6 Å². The standard InChI is InChI=1S/C74H49N3/c1-4-22-50(23-5-1)51-40-42-54(43-41-51)75(55-44-46-59-57-28-10-12-30-61(57)73(67(59)48-55)63-32-14-18-36-69(63)76(52-24-6-2-7-25-52)70-37-19-15-33-64(70)73)56-45-47-60-58-29-11-13-31-62(58)74(68(60)49-56)65-34-16-20-38-71(65)77(53-26-8-3-9-27-53)72-39-21-17-35-66(72)74/h1-49H. The van der Waals surface area contributed by atoms with Gasteiger partial charge in [-0.1, -0.05) is 212 Å². The zero-order valence-electron chi connectivity index (χ0n) is 42.1. The molecule has 16 rings (SSSR count). The van der Waals surface area contributed by atoms with Gasteiger partial charge in [-0.3, -0.25) is 0 Å². The minimum atomic E-state index is -0.618. The lowest BCUT2D eigenvalue weighted by atomic mass is 9.64. The predicted molar refractivity (Wildman–Crippen MR) is 318 cm³/mol. The van der Waals surface area contributed by atoms with Crippen LogP contribution < -0.4 is 14.7 Å². The zero-order valence-corrected chi connectivity index (χ0v) is 42.1. The maximum Gasteiger partial charge on any atom is 0.0755 e. The molecule has 4 aliphatic rings. The number of anilines is 9. The first-order chi connectivity index (χ1) is 38.2. The molecule has 0 radical (unpaired) electrons. The Balaban J connectivity index is 0.956. The van der Waals surface area contributed by atoms with Gasteiger partial charge in [0.1, 0.15) is 0 Å². The topological polar surface area (TPSA) is 9.72 Å². The summed E-state index contributed by atoms with van der Waals surface area (Å²) < 4.78 is 0. The molecule has 0 saturated heterocycles. The van der Waals surface area contributed by atoms with Gasteiger partial charge in [-0.25, -0.2) is 0 Å². The van der Waals surface area contributed by atoms with Crippen molar-refractivity contribution in [2.75, 3.05) is 14.7 Å². The molecule has 2 aliphatic carbocycles. The molecule has 3 heteroatoms. The Bertz CT molecular complexity index is 3960. The highest BCUT2D eigenvalue weighted by atomic mass is 15.2. The molecule has 0 amide bonds. The summed E-state index contributed by atoms with van der Waals surface area (Å²) in [4.78, 5) is 7.43. The fourth-order valence-electron chi connectivity index (χ4n) is 14.1. The molecule has 2 heterocycles. The summed E-state index contributed by atoms with van der Waals surface area (Å²) in [7, 11) is 0. The van der Waals surface area contributed by atoms with E-state index in [9.17, 15) is 0 Å². The van der Waals surface area contributed by atoms with Crippen LogP contribution >= 0.6 is 0 Å². The lowest BCUT2D eigenvalue weighted by Gasteiger charge is -2.45. The third-order valence-corrected chi connectivity index (χ3v) is 17.0. The van der Waals surface area contributed by atoms with Gasteiger partial charge in [0.25, 0.3) is 0 Å². The van der Waals surface area contributed by atoms with Gasteiger partial charge in [0.15, 0.2) is 0 Å². The summed E-state index contributed by atoms with van der Waals surface area (Å²) in [5, 5.41) is 0. The highest BCUT2D eigenvalue weighted by Gasteiger charge is 2.54. The van der Waals surface area contributed by atoms with E-state index in [0.717, 1.165) is 28.4 Å². The van der Waals surface area contributed by atoms with E-state index in [2.05, 4.69) is 312 Å². The number of fused-ring (bicyclic) bond motifs is 18. The van der Waals surface area contributed by atoms with E-state index < -0.39 is 10.8 Å². The Hall–Kier alpha value is -9.96. The smallest absolute Gasteiger partial charge is 0.0755 e. The van der Waals surface area contributed by atoms with Gasteiger partial charge in [-0.15, -0.1) is 0 Å². The van der Waals surface area contributed by atoms with Crippen LogP contribution in [0.1, 0.15) is 44.5 Å². The Morgan fingerprint density at radius 1 is 0.221 bits per heavy atom. The molecule has 2 aliphatic heterocycles. The van der Waals surface area contributed by atoms with Crippen molar-refractivity contribution >= 4 is 51.2 Å². The van der Waals surface area contributed by atoms with E-state index in [-0.39, 0.29) is 0 Å². The molecular weight excluding hydrogens is 931 g/mol. The van der Waals surface area contributed by atoms with Crippen molar-refractivity contribution in [3.05, 3.63) is 342 Å². The third kappa shape index (κ3) is 6.02. The van der Waals surface area contributed by atoms with Gasteiger partial charge >= 0.3 is 0 Å². The summed E-state index contributed by atoms with van der Waals surface area (Å²) >= 11 is 0. The van der Waals surface area contributed by atoms with Crippen LogP contribution in [-0.2, 0) is 10.8 Å². The number of hydrogen-bond donors (Lipinski definition) is 0. The molecule has 0 N–H and O–H groups in total. The SMILES string of the molecule is c1ccc(-c2ccc(N(c3ccc4c(c3)C3(c5ccccc5-4)c4ccccc4N(c4ccccc4)c4ccccc43)c3ccc4c(c3)C3(c5ccccc5-4)c4ccccc4N(c4ccccc4)c4ccccc43)cc2)cc1. The van der Waals surface area contributed by atoms with Crippen molar-refractivity contribution in [3.63, 3.8) is 0 Å². The minimum absolute atomic E-state index is 0.618. The van der Waals surface area contributed by atoms with Crippen molar-refractivity contribution in [1.29, 1.82) is 0 Å². The van der Waals surface area contributed by atoms with Crippen LogP contribution in [0.25, 0.3) is 33.4 Å². The van der Waals surface area contributed by atoms with Crippen molar-refractivity contribution in [2.45, 2.75) is 10.8 Å². The fraction of sp³-hybridized carbons (Fsp3) is 0.0270. The number of hydrogen-bond acceptors (Lipinski definition) is 3. The molecule has 0 atom stereocenters. The van der Waals surface area contributed by atoms with Crippen LogP contribution in [-0.4, -0.2) is 0 Å². The quantitative estimate of drug-likeness (QED) is 0.164. The van der Waals surface area contributed by atoms with E-state index >= 15 is 0 Å². The van der Waals surface area contributed by atoms with Crippen LogP contribution in [0.3, 0.4) is 0 Å². The Labute approximate surface area is 449 Å². The van der Waals surface area contributed by atoms with Gasteiger partial charge in [0, 0.05) is 28.4 Å². The summed E-state index contributed by atoms with van der Waals surface area (Å²) in [6, 6.07) is 111. The van der Waals surface area contributed by atoms with Gasteiger partial charge in [-0.2, -0.15) is 0 Å². The van der Waals surface area contributed by atoms with E-state index in [0.29, 0.717) is 0 Å². The van der Waals surface area contributed by atoms with Gasteiger partial charge in [0.2, 0.25) is 0 Å². The largest absolute Gasteiger partial charge is 0.310 e. The number of para-hydroxylation sites is 6. The van der Waals surface area contributed by atoms with Crippen LogP contribution in [0.5, 0.6) is 0 Å². The Kier molecular flexibility index (Phi) is 9.47. The molecule has 0 fully saturated rings. The number of benzene rings is 12. The van der Waals surface area contributed by atoms with Crippen molar-refractivity contribution < 1.29 is 0 Å². The molecular formula is C74H49N3. The van der Waals surface area contributed by atoms with E-state index in [4.69, 9.17) is 0 Å². The van der Waals surface area contributed by atoms with Crippen LogP contribution in [0.15, 0.2) is 297 Å². The molecule has 360 valence electrons. The second kappa shape index (κ2) is 16.8. The first-order valence-electron chi connectivity index (χ1n) is 26.8. The molecule has 0 saturated carbocycles. The summed E-state index contributed by atoms with van der Waals surface area (Å²) in [5.74, 6) is 0. The van der Waals surface area contributed by atoms with Crippen LogP contribution in [0.4, 0.5) is 51.2 Å². The summed E-state index contributed by atoms with van der Waals surface area (Å²) in [5.41, 5.74) is 26.6. The summed E-state index contributed by atoms with van der Waals surface area (Å²) in [6.07, 6.45) is 0. The molecule has 0 aromatic heterocycles. The minimum Gasteiger partial charge on any atom is -0.310 e.